The molecule has 0 atom stereocenters. The molecule has 0 fully saturated rings. The van der Waals surface area contributed by atoms with Crippen LogP contribution in [0.5, 0.6) is 0 Å². The number of thioether (sulfide) groups is 1. The summed E-state index contributed by atoms with van der Waals surface area (Å²) < 4.78 is 35.0. The van der Waals surface area contributed by atoms with Gasteiger partial charge in [-0.1, -0.05) is 0 Å². The van der Waals surface area contributed by atoms with Gasteiger partial charge in [0.05, 0.1) is 0 Å². The van der Waals surface area contributed by atoms with Crippen LogP contribution in [0.3, 0.4) is 0 Å². The molecule has 0 radical (unpaired) electrons. The highest BCUT2D eigenvalue weighted by atomic mass is 32.2. The first kappa shape index (κ1) is 14.9. The van der Waals surface area contributed by atoms with Crippen molar-refractivity contribution in [2.24, 2.45) is 0 Å². The summed E-state index contributed by atoms with van der Waals surface area (Å²) in [6, 6.07) is -0.717. The van der Waals surface area contributed by atoms with Gasteiger partial charge < -0.3 is 15.3 Å². The number of hydrogen-bond acceptors (Lipinski definition) is 3. The Hall–Kier alpha value is -1.12. The molecule has 0 heterocycles. The monoisotopic (exact) mass is 260 g/mol. The van der Waals surface area contributed by atoms with E-state index in [0.29, 0.717) is 0 Å². The number of carbonyl (C=O) groups excluding carboxylic acids is 1. The minimum atomic E-state index is -4.32. The summed E-state index contributed by atoms with van der Waals surface area (Å²) in [6.07, 6.45) is 0. The summed E-state index contributed by atoms with van der Waals surface area (Å²) in [6.45, 7) is -0.675. The zero-order chi connectivity index (χ0) is 12.8. The summed E-state index contributed by atoms with van der Waals surface area (Å²) in [5.74, 6) is -1.50. The Balaban J connectivity index is 3.69. The molecule has 0 aromatic carbocycles. The molecule has 0 aromatic heterocycles. The summed E-state index contributed by atoms with van der Waals surface area (Å²) in [5.41, 5.74) is -4.32. The minimum Gasteiger partial charge on any atom is -0.480 e. The smallest absolute Gasteiger partial charge is 0.441 e. The quantitative estimate of drug-likeness (QED) is 0.722. The minimum absolute atomic E-state index is 0.174. The van der Waals surface area contributed by atoms with Crippen LogP contribution in [0, 0.1) is 0 Å². The van der Waals surface area contributed by atoms with Crippen LogP contribution in [-0.4, -0.2) is 53.4 Å². The first-order valence-electron chi connectivity index (χ1n) is 4.14. The highest BCUT2D eigenvalue weighted by molar-refractivity contribution is 8.00. The third-order valence-electron chi connectivity index (χ3n) is 1.36. The molecule has 0 rings (SSSR count). The number of amides is 2. The van der Waals surface area contributed by atoms with Gasteiger partial charge in [0.25, 0.3) is 0 Å². The standard InChI is InChI=1S/C7H11F3N2O3S/c1-12(4-5(13)14)6(15)11-2-3-16-7(8,9)10/h2-4H2,1H3,(H,11,15)(H,13,14). The Morgan fingerprint density at radius 2 is 2.00 bits per heavy atom. The highest BCUT2D eigenvalue weighted by Crippen LogP contribution is 2.29. The number of urea groups is 1. The predicted octanol–water partition coefficient (Wildman–Crippen LogP) is 0.965. The molecule has 0 saturated carbocycles. The number of carboxylic acid groups (broad SMARTS) is 1. The number of halogens is 3. The maximum absolute atomic E-state index is 11.7. The topological polar surface area (TPSA) is 69.6 Å². The van der Waals surface area contributed by atoms with E-state index in [1.54, 1.807) is 0 Å². The second-order valence-corrected chi connectivity index (χ2v) is 3.94. The molecule has 94 valence electrons. The molecule has 0 aromatic rings. The number of aliphatic carboxylic acids is 1. The van der Waals surface area contributed by atoms with Crippen LogP contribution in [0.15, 0.2) is 0 Å². The molecule has 0 aliphatic heterocycles. The number of likely N-dealkylation sites (N-methyl/N-ethyl adjacent to an activating group) is 1. The van der Waals surface area contributed by atoms with Crippen molar-refractivity contribution < 1.29 is 27.9 Å². The Bertz CT molecular complexity index is 260. The van der Waals surface area contributed by atoms with Crippen LogP contribution in [0.4, 0.5) is 18.0 Å². The number of hydrogen-bond donors (Lipinski definition) is 2. The second kappa shape index (κ2) is 6.46. The summed E-state index contributed by atoms with van der Waals surface area (Å²) in [4.78, 5) is 22.1. The normalized spacial score (nSPS) is 11.0. The van der Waals surface area contributed by atoms with Crippen molar-refractivity contribution >= 4 is 23.8 Å². The molecule has 9 heteroatoms. The van der Waals surface area contributed by atoms with Gasteiger partial charge in [0.15, 0.2) is 0 Å². The molecule has 0 aliphatic rings. The molecule has 0 spiro atoms. The molecule has 2 N–H and O–H groups in total. The maximum Gasteiger partial charge on any atom is 0.441 e. The van der Waals surface area contributed by atoms with E-state index in [1.165, 1.54) is 7.05 Å². The van der Waals surface area contributed by atoms with Gasteiger partial charge >= 0.3 is 17.5 Å². The van der Waals surface area contributed by atoms with E-state index in [-0.39, 0.29) is 24.1 Å². The number of carbonyl (C=O) groups is 2. The lowest BCUT2D eigenvalue weighted by Gasteiger charge is -2.15. The zero-order valence-corrected chi connectivity index (χ0v) is 9.19. The number of rotatable bonds is 5. The van der Waals surface area contributed by atoms with Gasteiger partial charge in [0.1, 0.15) is 6.54 Å². The van der Waals surface area contributed by atoms with Crippen LogP contribution in [0.1, 0.15) is 0 Å². The maximum atomic E-state index is 11.7. The van der Waals surface area contributed by atoms with Crippen molar-refractivity contribution in [1.29, 1.82) is 0 Å². The average molecular weight is 260 g/mol. The van der Waals surface area contributed by atoms with Crippen molar-refractivity contribution in [2.45, 2.75) is 5.51 Å². The SMILES string of the molecule is CN(CC(=O)O)C(=O)NCCSC(F)(F)F. The van der Waals surface area contributed by atoms with E-state index < -0.39 is 24.1 Å². The van der Waals surface area contributed by atoms with E-state index in [4.69, 9.17) is 5.11 Å². The fraction of sp³-hybridized carbons (Fsp3) is 0.714. The fourth-order valence-electron chi connectivity index (χ4n) is 0.734. The lowest BCUT2D eigenvalue weighted by molar-refractivity contribution is -0.137. The Kier molecular flexibility index (Phi) is 6.01. The number of carboxylic acids is 1. The van der Waals surface area contributed by atoms with Crippen LogP contribution in [0.25, 0.3) is 0 Å². The summed E-state index contributed by atoms with van der Waals surface area (Å²) >= 11 is -0.248. The van der Waals surface area contributed by atoms with Crippen LogP contribution in [-0.2, 0) is 4.79 Å². The molecule has 2 amide bonds. The first-order chi connectivity index (χ1) is 7.22. The number of nitrogens with zero attached hydrogens (tertiary/aromatic N) is 1. The third-order valence-corrected chi connectivity index (χ3v) is 2.10. The summed E-state index contributed by atoms with van der Waals surface area (Å²) in [5, 5.41) is 10.5. The van der Waals surface area contributed by atoms with Gasteiger partial charge in [-0.15, -0.1) is 0 Å². The van der Waals surface area contributed by atoms with E-state index >= 15 is 0 Å². The Labute approximate surface area is 94.0 Å². The van der Waals surface area contributed by atoms with Gasteiger partial charge in [-0.2, -0.15) is 13.2 Å². The molecular formula is C7H11F3N2O3S. The first-order valence-corrected chi connectivity index (χ1v) is 5.12. The molecule has 0 unspecified atom stereocenters. The predicted molar refractivity (Wildman–Crippen MR) is 52.2 cm³/mol. The van der Waals surface area contributed by atoms with E-state index in [9.17, 15) is 22.8 Å². The van der Waals surface area contributed by atoms with Crippen molar-refractivity contribution in [2.75, 3.05) is 25.9 Å². The van der Waals surface area contributed by atoms with Gasteiger partial charge in [-0.25, -0.2) is 4.79 Å². The van der Waals surface area contributed by atoms with Gasteiger partial charge in [0, 0.05) is 19.3 Å². The number of alkyl halides is 3. The van der Waals surface area contributed by atoms with Crippen LogP contribution in [0.2, 0.25) is 0 Å². The fourth-order valence-corrected chi connectivity index (χ4v) is 1.17. The van der Waals surface area contributed by atoms with E-state index in [0.717, 1.165) is 4.90 Å². The number of nitrogens with one attached hydrogen (secondary N) is 1. The van der Waals surface area contributed by atoms with E-state index in [2.05, 4.69) is 5.32 Å². The largest absolute Gasteiger partial charge is 0.480 e. The molecule has 0 saturated heterocycles. The van der Waals surface area contributed by atoms with Gasteiger partial charge in [-0.3, -0.25) is 4.79 Å². The van der Waals surface area contributed by atoms with Crippen LogP contribution >= 0.6 is 11.8 Å². The zero-order valence-electron chi connectivity index (χ0n) is 8.37. The van der Waals surface area contributed by atoms with Crippen molar-refractivity contribution in [1.82, 2.24) is 10.2 Å². The summed E-state index contributed by atoms with van der Waals surface area (Å²) in [7, 11) is 1.24. The Morgan fingerprint density at radius 1 is 1.44 bits per heavy atom. The molecule has 5 nitrogen and oxygen atoms in total. The van der Waals surface area contributed by atoms with Crippen molar-refractivity contribution in [3.05, 3.63) is 0 Å². The highest BCUT2D eigenvalue weighted by Gasteiger charge is 2.27. The molecule has 0 bridgehead atoms. The van der Waals surface area contributed by atoms with E-state index in [1.807, 2.05) is 0 Å². The lowest BCUT2D eigenvalue weighted by Crippen LogP contribution is -2.41. The average Bonchev–Trinajstić information content (AvgIpc) is 2.09. The van der Waals surface area contributed by atoms with Gasteiger partial charge in [0.2, 0.25) is 0 Å². The van der Waals surface area contributed by atoms with Crippen molar-refractivity contribution in [3.63, 3.8) is 0 Å². The van der Waals surface area contributed by atoms with Gasteiger partial charge in [-0.05, 0) is 11.8 Å². The Morgan fingerprint density at radius 3 is 2.44 bits per heavy atom. The molecule has 0 aliphatic carbocycles. The molecular weight excluding hydrogens is 249 g/mol. The third kappa shape index (κ3) is 8.21. The second-order valence-electron chi connectivity index (χ2n) is 2.78. The van der Waals surface area contributed by atoms with Crippen LogP contribution < -0.4 is 5.32 Å². The van der Waals surface area contributed by atoms with Crippen molar-refractivity contribution in [3.8, 4) is 0 Å². The lowest BCUT2D eigenvalue weighted by atomic mass is 10.6. The molecule has 16 heavy (non-hydrogen) atoms.